The Hall–Kier alpha value is -2.84. The van der Waals surface area contributed by atoms with Crippen molar-refractivity contribution in [1.29, 1.82) is 0 Å². The van der Waals surface area contributed by atoms with E-state index in [0.717, 1.165) is 22.1 Å². The molecule has 2 heteroatoms. The van der Waals surface area contributed by atoms with E-state index in [0.29, 0.717) is 12.2 Å². The van der Waals surface area contributed by atoms with Gasteiger partial charge in [0.2, 0.25) is 0 Å². The first kappa shape index (κ1) is 14.7. The van der Waals surface area contributed by atoms with Crippen LogP contribution in [0.5, 0.6) is 0 Å². The summed E-state index contributed by atoms with van der Waals surface area (Å²) < 4.78 is 6.01. The first-order valence-electron chi connectivity index (χ1n) is 8.07. The fourth-order valence-corrected chi connectivity index (χ4v) is 3.12. The smallest absolute Gasteiger partial charge is 0.151 e. The molecule has 0 aliphatic heterocycles. The maximum Gasteiger partial charge on any atom is 0.151 e. The van der Waals surface area contributed by atoms with Crippen LogP contribution in [0, 0.1) is 0 Å². The van der Waals surface area contributed by atoms with Gasteiger partial charge in [0.05, 0.1) is 0 Å². The van der Waals surface area contributed by atoms with Crippen molar-refractivity contribution in [3.8, 4) is 0 Å². The van der Waals surface area contributed by atoms with Crippen LogP contribution >= 0.6 is 0 Å². The molecule has 1 heterocycles. The third-order valence-electron chi connectivity index (χ3n) is 4.39. The molecule has 1 aromatic heterocycles. The highest BCUT2D eigenvalue weighted by Gasteiger charge is 2.35. The van der Waals surface area contributed by atoms with Crippen molar-refractivity contribution in [3.05, 3.63) is 108 Å². The van der Waals surface area contributed by atoms with Crippen LogP contribution in [0.15, 0.2) is 95.4 Å². The molecular weight excluding hydrogens is 296 g/mol. The molecule has 0 aliphatic rings. The molecule has 0 radical (unpaired) electrons. The Morgan fingerprint density at radius 3 is 2.08 bits per heavy atom. The average Bonchev–Trinajstić information content (AvgIpc) is 3.08. The minimum atomic E-state index is -1.21. The number of benzene rings is 3. The van der Waals surface area contributed by atoms with Crippen LogP contribution in [0.1, 0.15) is 16.9 Å². The summed E-state index contributed by atoms with van der Waals surface area (Å²) in [5.74, 6) is 0.568. The Labute approximate surface area is 141 Å². The van der Waals surface area contributed by atoms with Gasteiger partial charge in [-0.25, -0.2) is 0 Å². The van der Waals surface area contributed by atoms with Gasteiger partial charge in [0.15, 0.2) is 5.60 Å². The Kier molecular flexibility index (Phi) is 3.68. The first-order valence-corrected chi connectivity index (χ1v) is 8.07. The Balaban J connectivity index is 1.86. The summed E-state index contributed by atoms with van der Waals surface area (Å²) in [6.45, 7) is 0. The number of rotatable bonds is 4. The van der Waals surface area contributed by atoms with Crippen LogP contribution < -0.4 is 0 Å². The van der Waals surface area contributed by atoms with Gasteiger partial charge < -0.3 is 9.52 Å². The molecule has 0 bridgehead atoms. The van der Waals surface area contributed by atoms with E-state index >= 15 is 0 Å². The van der Waals surface area contributed by atoms with Crippen molar-refractivity contribution in [1.82, 2.24) is 0 Å². The van der Waals surface area contributed by atoms with Crippen LogP contribution in [0.2, 0.25) is 0 Å². The molecule has 3 aromatic carbocycles. The van der Waals surface area contributed by atoms with Crippen LogP contribution in [-0.4, -0.2) is 5.11 Å². The number of aliphatic hydroxyl groups is 1. The van der Waals surface area contributed by atoms with Crippen LogP contribution in [-0.2, 0) is 12.0 Å². The average molecular weight is 314 g/mol. The second-order valence-corrected chi connectivity index (χ2v) is 6.04. The van der Waals surface area contributed by atoms with Gasteiger partial charge in [-0.2, -0.15) is 0 Å². The summed E-state index contributed by atoms with van der Waals surface area (Å²) >= 11 is 0. The van der Waals surface area contributed by atoms with Gasteiger partial charge in [0.1, 0.15) is 11.3 Å². The van der Waals surface area contributed by atoms with E-state index in [1.54, 1.807) is 0 Å². The molecule has 24 heavy (non-hydrogen) atoms. The molecule has 0 aliphatic carbocycles. The lowest BCUT2D eigenvalue weighted by atomic mass is 9.85. The highest BCUT2D eigenvalue weighted by atomic mass is 16.4. The van der Waals surface area contributed by atoms with E-state index in [4.69, 9.17) is 4.42 Å². The number of hydrogen-bond acceptors (Lipinski definition) is 2. The van der Waals surface area contributed by atoms with Gasteiger partial charge in [0, 0.05) is 11.8 Å². The molecule has 0 saturated heterocycles. The molecule has 1 atom stereocenters. The van der Waals surface area contributed by atoms with E-state index in [-0.39, 0.29) is 0 Å². The summed E-state index contributed by atoms with van der Waals surface area (Å²) in [6, 6.07) is 29.5. The van der Waals surface area contributed by atoms with Gasteiger partial charge in [-0.1, -0.05) is 78.9 Å². The zero-order valence-corrected chi connectivity index (χ0v) is 13.2. The van der Waals surface area contributed by atoms with Crippen molar-refractivity contribution in [2.24, 2.45) is 0 Å². The van der Waals surface area contributed by atoms with Crippen LogP contribution in [0.25, 0.3) is 11.0 Å². The molecule has 4 aromatic rings. The molecule has 0 spiro atoms. The fourth-order valence-electron chi connectivity index (χ4n) is 3.12. The number of fused-ring (bicyclic) bond motifs is 1. The Morgan fingerprint density at radius 2 is 1.38 bits per heavy atom. The van der Waals surface area contributed by atoms with Gasteiger partial charge in [-0.3, -0.25) is 0 Å². The third kappa shape index (κ3) is 2.61. The van der Waals surface area contributed by atoms with Gasteiger partial charge in [0.25, 0.3) is 0 Å². The molecule has 4 rings (SSSR count). The lowest BCUT2D eigenvalue weighted by molar-refractivity contribution is 0.0587. The largest absolute Gasteiger partial charge is 0.458 e. The summed E-state index contributed by atoms with van der Waals surface area (Å²) in [7, 11) is 0. The predicted octanol–water partition coefficient (Wildman–Crippen LogP) is 4.91. The summed E-state index contributed by atoms with van der Waals surface area (Å²) in [4.78, 5) is 0. The van der Waals surface area contributed by atoms with Gasteiger partial charge in [-0.15, -0.1) is 0 Å². The highest BCUT2D eigenvalue weighted by Crippen LogP contribution is 2.36. The standard InChI is InChI=1S/C22H18O2/c23-22(19-12-5-2-6-13-19,16-17-9-3-1-4-10-17)21-15-18-11-7-8-14-20(18)24-21/h1-15,23H,16H2. The van der Waals surface area contributed by atoms with Crippen molar-refractivity contribution < 1.29 is 9.52 Å². The predicted molar refractivity (Wildman–Crippen MR) is 95.8 cm³/mol. The van der Waals surface area contributed by atoms with E-state index in [1.165, 1.54) is 0 Å². The fraction of sp³-hybridized carbons (Fsp3) is 0.0909. The Bertz CT molecular complexity index is 908. The molecule has 2 nitrogen and oxygen atoms in total. The van der Waals surface area contributed by atoms with Crippen molar-refractivity contribution in [2.45, 2.75) is 12.0 Å². The van der Waals surface area contributed by atoms with Crippen LogP contribution in [0.4, 0.5) is 0 Å². The Morgan fingerprint density at radius 1 is 0.750 bits per heavy atom. The number of furan rings is 1. The minimum absolute atomic E-state index is 0.456. The normalized spacial score (nSPS) is 13.7. The van der Waals surface area contributed by atoms with E-state index < -0.39 is 5.60 Å². The molecule has 1 unspecified atom stereocenters. The first-order chi connectivity index (χ1) is 11.8. The second kappa shape index (κ2) is 5.99. The maximum atomic E-state index is 11.6. The zero-order valence-electron chi connectivity index (χ0n) is 13.2. The molecule has 118 valence electrons. The summed E-state index contributed by atoms with van der Waals surface area (Å²) in [5, 5.41) is 12.6. The lowest BCUT2D eigenvalue weighted by Crippen LogP contribution is -2.29. The zero-order chi connectivity index (χ0) is 16.4. The molecule has 1 N–H and O–H groups in total. The van der Waals surface area contributed by atoms with E-state index in [1.807, 2.05) is 91.0 Å². The van der Waals surface area contributed by atoms with E-state index in [2.05, 4.69) is 0 Å². The van der Waals surface area contributed by atoms with Crippen molar-refractivity contribution in [3.63, 3.8) is 0 Å². The van der Waals surface area contributed by atoms with Gasteiger partial charge in [-0.05, 0) is 23.3 Å². The third-order valence-corrected chi connectivity index (χ3v) is 4.39. The minimum Gasteiger partial charge on any atom is -0.458 e. The maximum absolute atomic E-state index is 11.6. The van der Waals surface area contributed by atoms with Crippen molar-refractivity contribution >= 4 is 11.0 Å². The van der Waals surface area contributed by atoms with E-state index in [9.17, 15) is 5.11 Å². The molecule has 0 fully saturated rings. The molecular formula is C22H18O2. The van der Waals surface area contributed by atoms with Gasteiger partial charge >= 0.3 is 0 Å². The number of hydrogen-bond donors (Lipinski definition) is 1. The van der Waals surface area contributed by atoms with Crippen molar-refractivity contribution in [2.75, 3.05) is 0 Å². The molecule has 0 saturated carbocycles. The second-order valence-electron chi connectivity index (χ2n) is 6.04. The monoisotopic (exact) mass is 314 g/mol. The number of para-hydroxylation sites is 1. The topological polar surface area (TPSA) is 33.4 Å². The lowest BCUT2D eigenvalue weighted by Gasteiger charge is -2.27. The SMILES string of the molecule is OC(Cc1ccccc1)(c1ccccc1)c1cc2ccccc2o1. The summed E-state index contributed by atoms with van der Waals surface area (Å²) in [6.07, 6.45) is 0.456. The summed E-state index contributed by atoms with van der Waals surface area (Å²) in [5.41, 5.74) is 1.47. The molecule has 0 amide bonds. The highest BCUT2D eigenvalue weighted by molar-refractivity contribution is 5.78. The quantitative estimate of drug-likeness (QED) is 0.580. The van der Waals surface area contributed by atoms with Crippen LogP contribution in [0.3, 0.4) is 0 Å².